The molecule has 0 unspecified atom stereocenters. The number of nitrogens with zero attached hydrogens (tertiary/aromatic N) is 4. The van der Waals surface area contributed by atoms with Gasteiger partial charge < -0.3 is 4.57 Å². The molecule has 122 valence electrons. The van der Waals surface area contributed by atoms with Crippen molar-refractivity contribution in [2.24, 2.45) is 0 Å². The molecule has 0 atom stereocenters. The zero-order chi connectivity index (χ0) is 17.5. The molecule has 4 nitrogen and oxygen atoms in total. The molecular formula is C16H10ClF3N4. The van der Waals surface area contributed by atoms with Gasteiger partial charge in [-0.2, -0.15) is 18.4 Å². The first-order chi connectivity index (χ1) is 11.3. The summed E-state index contributed by atoms with van der Waals surface area (Å²) in [6.45, 7) is 2.36. The van der Waals surface area contributed by atoms with Crippen LogP contribution in [-0.4, -0.2) is 14.5 Å². The smallest absolute Gasteiger partial charge is 0.316 e. The summed E-state index contributed by atoms with van der Waals surface area (Å²) in [4.78, 5) is 8.30. The van der Waals surface area contributed by atoms with Crippen molar-refractivity contribution < 1.29 is 13.2 Å². The molecule has 8 heteroatoms. The number of nitriles is 1. The Morgan fingerprint density at radius 2 is 2.04 bits per heavy atom. The molecule has 0 spiro atoms. The first kappa shape index (κ1) is 16.3. The van der Waals surface area contributed by atoms with Crippen LogP contribution in [-0.2, 0) is 12.7 Å². The minimum atomic E-state index is -4.55. The Morgan fingerprint density at radius 1 is 1.29 bits per heavy atom. The number of aromatic nitrogens is 3. The Labute approximate surface area is 140 Å². The van der Waals surface area contributed by atoms with Crippen molar-refractivity contribution in [3.63, 3.8) is 0 Å². The minimum Gasteiger partial charge on any atom is -0.316 e. The fourth-order valence-electron chi connectivity index (χ4n) is 2.49. The summed E-state index contributed by atoms with van der Waals surface area (Å²) in [5, 5.41) is 8.74. The predicted molar refractivity (Wildman–Crippen MR) is 83.4 cm³/mol. The lowest BCUT2D eigenvalue weighted by molar-refractivity contribution is -0.137. The molecule has 0 saturated carbocycles. The molecule has 3 aromatic rings. The molecule has 24 heavy (non-hydrogen) atoms. The SMILES string of the molecule is CCn1c(C#N)nc2cnc(-c3ccc(Cl)c(C(F)(F)F)c3)cc21. The molecule has 0 aliphatic carbocycles. The molecule has 0 N–H and O–H groups in total. The quantitative estimate of drug-likeness (QED) is 0.675. The number of fused-ring (bicyclic) bond motifs is 1. The predicted octanol–water partition coefficient (Wildman–Crippen LogP) is 4.66. The van der Waals surface area contributed by atoms with Crippen LogP contribution in [0.3, 0.4) is 0 Å². The van der Waals surface area contributed by atoms with Crippen LogP contribution in [0.25, 0.3) is 22.3 Å². The standard InChI is InChI=1S/C16H10ClF3N4/c1-2-24-14-6-12(22-8-13(14)23-15(24)7-21)9-3-4-11(17)10(5-9)16(18,19)20/h3-6,8H,2H2,1H3. The van der Waals surface area contributed by atoms with Gasteiger partial charge in [-0.1, -0.05) is 17.7 Å². The number of halogens is 4. The Bertz CT molecular complexity index is 970. The fraction of sp³-hybridized carbons (Fsp3) is 0.188. The second kappa shape index (κ2) is 5.80. The van der Waals surface area contributed by atoms with Gasteiger partial charge in [0.15, 0.2) is 0 Å². The van der Waals surface area contributed by atoms with E-state index in [1.165, 1.54) is 18.3 Å². The summed E-state index contributed by atoms with van der Waals surface area (Å²) in [7, 11) is 0. The number of alkyl halides is 3. The normalized spacial score (nSPS) is 11.7. The number of pyridine rings is 1. The van der Waals surface area contributed by atoms with Crippen molar-refractivity contribution in [3.8, 4) is 17.3 Å². The Kier molecular flexibility index (Phi) is 3.93. The number of hydrogen-bond acceptors (Lipinski definition) is 3. The summed E-state index contributed by atoms with van der Waals surface area (Å²) >= 11 is 5.64. The molecule has 0 fully saturated rings. The molecule has 0 aliphatic rings. The Morgan fingerprint density at radius 3 is 2.67 bits per heavy atom. The van der Waals surface area contributed by atoms with E-state index in [9.17, 15) is 13.2 Å². The van der Waals surface area contributed by atoms with E-state index in [4.69, 9.17) is 16.9 Å². The number of hydrogen-bond donors (Lipinski definition) is 0. The highest BCUT2D eigenvalue weighted by Gasteiger charge is 2.33. The summed E-state index contributed by atoms with van der Waals surface area (Å²) in [6, 6.07) is 7.25. The van der Waals surface area contributed by atoms with Crippen LogP contribution < -0.4 is 0 Å². The van der Waals surface area contributed by atoms with Crippen LogP contribution in [0, 0.1) is 11.3 Å². The van der Waals surface area contributed by atoms with E-state index in [1.807, 2.05) is 13.0 Å². The zero-order valence-corrected chi connectivity index (χ0v) is 13.2. The van der Waals surface area contributed by atoms with Crippen LogP contribution in [0.5, 0.6) is 0 Å². The summed E-state index contributed by atoms with van der Waals surface area (Å²) in [5.41, 5.74) is 0.884. The van der Waals surface area contributed by atoms with Gasteiger partial charge in [-0.15, -0.1) is 0 Å². The van der Waals surface area contributed by atoms with Crippen molar-refractivity contribution in [2.45, 2.75) is 19.6 Å². The zero-order valence-electron chi connectivity index (χ0n) is 12.4. The van der Waals surface area contributed by atoms with Crippen molar-refractivity contribution >= 4 is 22.6 Å². The molecule has 2 aromatic heterocycles. The van der Waals surface area contributed by atoms with Crippen LogP contribution in [0.2, 0.25) is 5.02 Å². The van der Waals surface area contributed by atoms with Crippen molar-refractivity contribution in [1.82, 2.24) is 14.5 Å². The van der Waals surface area contributed by atoms with E-state index in [0.29, 0.717) is 23.3 Å². The second-order valence-electron chi connectivity index (χ2n) is 5.04. The van der Waals surface area contributed by atoms with Crippen LogP contribution in [0.4, 0.5) is 13.2 Å². The summed E-state index contributed by atoms with van der Waals surface area (Å²) in [6.07, 6.45) is -3.10. The maximum Gasteiger partial charge on any atom is 0.417 e. The number of benzene rings is 1. The molecule has 3 rings (SSSR count). The third-order valence-corrected chi connectivity index (χ3v) is 3.95. The lowest BCUT2D eigenvalue weighted by Crippen LogP contribution is -2.06. The Balaban J connectivity index is 2.19. The van der Waals surface area contributed by atoms with Gasteiger partial charge in [0.05, 0.1) is 28.0 Å². The van der Waals surface area contributed by atoms with Crippen LogP contribution in [0.1, 0.15) is 18.3 Å². The highest BCUT2D eigenvalue weighted by Crippen LogP contribution is 2.37. The molecular weight excluding hydrogens is 341 g/mol. The van der Waals surface area contributed by atoms with Crippen molar-refractivity contribution in [1.29, 1.82) is 5.26 Å². The van der Waals surface area contributed by atoms with E-state index >= 15 is 0 Å². The minimum absolute atomic E-state index is 0.235. The lowest BCUT2D eigenvalue weighted by atomic mass is 10.1. The molecule has 0 radical (unpaired) electrons. The average Bonchev–Trinajstić information content (AvgIpc) is 2.90. The van der Waals surface area contributed by atoms with Gasteiger partial charge >= 0.3 is 6.18 Å². The van der Waals surface area contributed by atoms with Gasteiger partial charge in [0.25, 0.3) is 0 Å². The monoisotopic (exact) mass is 350 g/mol. The Hall–Kier alpha value is -2.59. The summed E-state index contributed by atoms with van der Waals surface area (Å²) < 4.78 is 40.7. The van der Waals surface area contributed by atoms with Gasteiger partial charge in [0.2, 0.25) is 5.82 Å². The number of aryl methyl sites for hydroxylation is 1. The topological polar surface area (TPSA) is 54.5 Å². The third kappa shape index (κ3) is 2.69. The third-order valence-electron chi connectivity index (χ3n) is 3.62. The summed E-state index contributed by atoms with van der Waals surface area (Å²) in [5.74, 6) is 0.235. The van der Waals surface area contributed by atoms with Gasteiger partial charge in [-0.05, 0) is 25.1 Å². The second-order valence-corrected chi connectivity index (χ2v) is 5.45. The molecule has 0 aliphatic heterocycles. The molecule has 0 saturated heterocycles. The van der Waals surface area contributed by atoms with E-state index in [2.05, 4.69) is 9.97 Å². The van der Waals surface area contributed by atoms with Crippen LogP contribution in [0.15, 0.2) is 30.5 Å². The maximum atomic E-state index is 13.0. The fourth-order valence-corrected chi connectivity index (χ4v) is 2.72. The first-order valence-electron chi connectivity index (χ1n) is 6.98. The highest BCUT2D eigenvalue weighted by molar-refractivity contribution is 6.31. The van der Waals surface area contributed by atoms with E-state index < -0.39 is 11.7 Å². The van der Waals surface area contributed by atoms with Crippen molar-refractivity contribution in [3.05, 3.63) is 46.9 Å². The molecule has 1 aromatic carbocycles. The largest absolute Gasteiger partial charge is 0.417 e. The van der Waals surface area contributed by atoms with Crippen molar-refractivity contribution in [2.75, 3.05) is 0 Å². The van der Waals surface area contributed by atoms with Crippen LogP contribution >= 0.6 is 11.6 Å². The van der Waals surface area contributed by atoms with E-state index in [0.717, 1.165) is 6.07 Å². The highest BCUT2D eigenvalue weighted by atomic mass is 35.5. The number of rotatable bonds is 2. The first-order valence-corrected chi connectivity index (χ1v) is 7.36. The molecule has 0 bridgehead atoms. The molecule has 2 heterocycles. The van der Waals surface area contributed by atoms with Gasteiger partial charge in [0.1, 0.15) is 11.6 Å². The van der Waals surface area contributed by atoms with E-state index in [1.54, 1.807) is 10.6 Å². The van der Waals surface area contributed by atoms with Gasteiger partial charge in [0, 0.05) is 12.1 Å². The van der Waals surface area contributed by atoms with E-state index in [-0.39, 0.29) is 16.4 Å². The lowest BCUT2D eigenvalue weighted by Gasteiger charge is -2.11. The van der Waals surface area contributed by atoms with Gasteiger partial charge in [-0.3, -0.25) is 4.98 Å². The molecule has 0 amide bonds. The average molecular weight is 351 g/mol. The number of imidazole rings is 1. The van der Waals surface area contributed by atoms with Gasteiger partial charge in [-0.25, -0.2) is 4.98 Å². The maximum absolute atomic E-state index is 13.0.